The van der Waals surface area contributed by atoms with Crippen LogP contribution in [-0.4, -0.2) is 16.3 Å². The van der Waals surface area contributed by atoms with Crippen LogP contribution >= 0.6 is 0 Å². The van der Waals surface area contributed by atoms with Crippen molar-refractivity contribution in [1.82, 2.24) is 15.1 Å². The van der Waals surface area contributed by atoms with Crippen LogP contribution in [0.1, 0.15) is 69.8 Å². The molecule has 1 aromatic heterocycles. The summed E-state index contributed by atoms with van der Waals surface area (Å²) < 4.78 is 2.09. The predicted molar refractivity (Wildman–Crippen MR) is 80.2 cm³/mol. The van der Waals surface area contributed by atoms with Crippen LogP contribution in [0.25, 0.3) is 0 Å². The van der Waals surface area contributed by atoms with Gasteiger partial charge < -0.3 is 5.32 Å². The lowest BCUT2D eigenvalue weighted by Gasteiger charge is -2.27. The average Bonchev–Trinajstić information content (AvgIpc) is 2.64. The fraction of sp³-hybridized carbons (Fsp3) is 0.812. The topological polar surface area (TPSA) is 29.9 Å². The molecule has 108 valence electrons. The molecule has 0 aliphatic heterocycles. The molecule has 1 unspecified atom stereocenters. The van der Waals surface area contributed by atoms with Crippen molar-refractivity contribution in [2.24, 2.45) is 13.0 Å². The van der Waals surface area contributed by atoms with Crippen molar-refractivity contribution in [1.29, 1.82) is 0 Å². The molecule has 1 aliphatic carbocycles. The molecule has 0 radical (unpaired) electrons. The largest absolute Gasteiger partial charge is 0.309 e. The van der Waals surface area contributed by atoms with Crippen LogP contribution < -0.4 is 5.32 Å². The first-order valence-electron chi connectivity index (χ1n) is 8.02. The molecule has 0 amide bonds. The number of aryl methyl sites for hydroxylation is 2. The highest BCUT2D eigenvalue weighted by molar-refractivity contribution is 5.15. The second-order valence-electron chi connectivity index (χ2n) is 5.82. The van der Waals surface area contributed by atoms with Gasteiger partial charge >= 0.3 is 0 Å². The number of nitrogens with one attached hydrogen (secondary N) is 1. The fourth-order valence-electron chi connectivity index (χ4n) is 3.38. The van der Waals surface area contributed by atoms with Gasteiger partial charge in [0.2, 0.25) is 0 Å². The molecule has 0 bridgehead atoms. The maximum absolute atomic E-state index is 4.63. The molecule has 2 rings (SSSR count). The molecule has 3 heteroatoms. The molecule has 1 saturated carbocycles. The van der Waals surface area contributed by atoms with Gasteiger partial charge in [-0.15, -0.1) is 0 Å². The van der Waals surface area contributed by atoms with E-state index in [2.05, 4.69) is 42.1 Å². The molecule has 1 heterocycles. The Kier molecular flexibility index (Phi) is 5.44. The third-order valence-electron chi connectivity index (χ3n) is 4.44. The zero-order chi connectivity index (χ0) is 13.7. The lowest BCUT2D eigenvalue weighted by molar-refractivity contribution is 0.316. The molecule has 1 aromatic rings. The normalized spacial score (nSPS) is 19.3. The van der Waals surface area contributed by atoms with Gasteiger partial charge in [-0.25, -0.2) is 0 Å². The van der Waals surface area contributed by atoms with Gasteiger partial charge in [0.1, 0.15) is 0 Å². The lowest BCUT2D eigenvalue weighted by Crippen LogP contribution is -2.30. The number of nitrogens with zero attached hydrogens (tertiary/aromatic N) is 2. The lowest BCUT2D eigenvalue weighted by atomic mass is 9.89. The van der Waals surface area contributed by atoms with E-state index in [1.165, 1.54) is 49.9 Å². The van der Waals surface area contributed by atoms with Crippen molar-refractivity contribution in [2.45, 2.75) is 64.8 Å². The summed E-state index contributed by atoms with van der Waals surface area (Å²) in [4.78, 5) is 0. The number of rotatable bonds is 5. The van der Waals surface area contributed by atoms with Crippen molar-refractivity contribution in [2.75, 3.05) is 6.54 Å². The van der Waals surface area contributed by atoms with Gasteiger partial charge in [0.15, 0.2) is 0 Å². The first-order chi connectivity index (χ1) is 9.26. The van der Waals surface area contributed by atoms with E-state index in [0.29, 0.717) is 6.04 Å². The van der Waals surface area contributed by atoms with Crippen molar-refractivity contribution in [3.63, 3.8) is 0 Å². The van der Waals surface area contributed by atoms with Gasteiger partial charge in [0.25, 0.3) is 0 Å². The Morgan fingerprint density at radius 3 is 2.47 bits per heavy atom. The highest BCUT2D eigenvalue weighted by Gasteiger charge is 2.26. The predicted octanol–water partition coefficient (Wildman–Crippen LogP) is 3.60. The SMILES string of the molecule is CCNC(c1cc(CC)nn1C)C1CCCCCC1. The first-order valence-corrected chi connectivity index (χ1v) is 8.02. The number of hydrogen-bond acceptors (Lipinski definition) is 2. The van der Waals surface area contributed by atoms with E-state index in [1.807, 2.05) is 0 Å². The van der Waals surface area contributed by atoms with E-state index in [1.54, 1.807) is 0 Å². The van der Waals surface area contributed by atoms with Crippen LogP contribution in [0.2, 0.25) is 0 Å². The van der Waals surface area contributed by atoms with Crippen LogP contribution in [0.4, 0.5) is 0 Å². The van der Waals surface area contributed by atoms with Gasteiger partial charge in [-0.1, -0.05) is 39.5 Å². The Bertz CT molecular complexity index is 375. The van der Waals surface area contributed by atoms with Gasteiger partial charge in [-0.2, -0.15) is 5.10 Å². The molecular formula is C16H29N3. The summed E-state index contributed by atoms with van der Waals surface area (Å²) in [6.07, 6.45) is 9.38. The minimum Gasteiger partial charge on any atom is -0.309 e. The molecule has 3 nitrogen and oxygen atoms in total. The van der Waals surface area contributed by atoms with Gasteiger partial charge in [-0.3, -0.25) is 4.68 Å². The quantitative estimate of drug-likeness (QED) is 0.823. The fourth-order valence-corrected chi connectivity index (χ4v) is 3.38. The maximum Gasteiger partial charge on any atom is 0.0625 e. The molecule has 19 heavy (non-hydrogen) atoms. The van der Waals surface area contributed by atoms with Gasteiger partial charge in [-0.05, 0) is 37.8 Å². The maximum atomic E-state index is 4.63. The van der Waals surface area contributed by atoms with Crippen LogP contribution in [0.15, 0.2) is 6.07 Å². The minimum atomic E-state index is 0.487. The van der Waals surface area contributed by atoms with Crippen LogP contribution in [-0.2, 0) is 13.5 Å². The van der Waals surface area contributed by atoms with Crippen molar-refractivity contribution < 1.29 is 0 Å². The van der Waals surface area contributed by atoms with Gasteiger partial charge in [0.05, 0.1) is 17.4 Å². The van der Waals surface area contributed by atoms with Crippen molar-refractivity contribution in [3.8, 4) is 0 Å². The zero-order valence-corrected chi connectivity index (χ0v) is 12.8. The Labute approximate surface area is 117 Å². The summed E-state index contributed by atoms with van der Waals surface area (Å²) in [5.41, 5.74) is 2.60. The average molecular weight is 263 g/mol. The van der Waals surface area contributed by atoms with Crippen molar-refractivity contribution in [3.05, 3.63) is 17.5 Å². The standard InChI is InChI=1S/C16H29N3/c1-4-14-12-15(19(3)18-14)16(17-5-2)13-10-8-6-7-9-11-13/h12-13,16-17H,4-11H2,1-3H3. The van der Waals surface area contributed by atoms with Crippen LogP contribution in [0.5, 0.6) is 0 Å². The van der Waals surface area contributed by atoms with E-state index < -0.39 is 0 Å². The van der Waals surface area contributed by atoms with E-state index in [4.69, 9.17) is 0 Å². The van der Waals surface area contributed by atoms with E-state index in [-0.39, 0.29) is 0 Å². The smallest absolute Gasteiger partial charge is 0.0625 e. The monoisotopic (exact) mass is 263 g/mol. The molecule has 1 atom stereocenters. The number of hydrogen-bond donors (Lipinski definition) is 1. The summed E-state index contributed by atoms with van der Waals surface area (Å²) in [6, 6.07) is 2.79. The molecule has 0 spiro atoms. The summed E-state index contributed by atoms with van der Waals surface area (Å²) in [6.45, 7) is 5.43. The Morgan fingerprint density at radius 2 is 1.95 bits per heavy atom. The Morgan fingerprint density at radius 1 is 1.26 bits per heavy atom. The summed E-state index contributed by atoms with van der Waals surface area (Å²) in [5, 5.41) is 8.34. The molecule has 1 fully saturated rings. The van der Waals surface area contributed by atoms with E-state index in [0.717, 1.165) is 18.9 Å². The highest BCUT2D eigenvalue weighted by atomic mass is 15.3. The highest BCUT2D eigenvalue weighted by Crippen LogP contribution is 2.33. The van der Waals surface area contributed by atoms with Crippen LogP contribution in [0.3, 0.4) is 0 Å². The van der Waals surface area contributed by atoms with E-state index >= 15 is 0 Å². The third-order valence-corrected chi connectivity index (χ3v) is 4.44. The van der Waals surface area contributed by atoms with Crippen molar-refractivity contribution >= 4 is 0 Å². The van der Waals surface area contributed by atoms with E-state index in [9.17, 15) is 0 Å². The zero-order valence-electron chi connectivity index (χ0n) is 12.8. The molecule has 0 aromatic carbocycles. The molecule has 1 aliphatic rings. The molecule has 0 saturated heterocycles. The second-order valence-corrected chi connectivity index (χ2v) is 5.82. The summed E-state index contributed by atoms with van der Waals surface area (Å²) in [5.74, 6) is 0.780. The molecular weight excluding hydrogens is 234 g/mol. The Balaban J connectivity index is 2.19. The van der Waals surface area contributed by atoms with Gasteiger partial charge in [0, 0.05) is 7.05 Å². The van der Waals surface area contributed by atoms with Crippen LogP contribution in [0, 0.1) is 5.92 Å². The summed E-state index contributed by atoms with van der Waals surface area (Å²) in [7, 11) is 2.09. The summed E-state index contributed by atoms with van der Waals surface area (Å²) >= 11 is 0. The first kappa shape index (κ1) is 14.6. The Hall–Kier alpha value is -0.830. The molecule has 1 N–H and O–H groups in total. The number of aromatic nitrogens is 2. The minimum absolute atomic E-state index is 0.487. The third kappa shape index (κ3) is 3.59. The second kappa shape index (κ2) is 7.09.